The number of nitrogens with zero attached hydrogens (tertiary/aromatic N) is 1. The highest BCUT2D eigenvalue weighted by Crippen LogP contribution is 2.62. The van der Waals surface area contributed by atoms with E-state index in [2.05, 4.69) is 18.6 Å². The smallest absolute Gasteiger partial charge is 0.289 e. The fraction of sp³-hybridized carbons (Fsp3) is 0.643. The van der Waals surface area contributed by atoms with Crippen molar-refractivity contribution >= 4 is 15.9 Å². The lowest BCUT2D eigenvalue weighted by atomic mass is 10.1. The van der Waals surface area contributed by atoms with E-state index in [9.17, 15) is 13.2 Å². The number of carbonyl (C=O) groups is 1. The highest BCUT2D eigenvalue weighted by atomic mass is 32.2. The van der Waals surface area contributed by atoms with Crippen molar-refractivity contribution in [3.63, 3.8) is 0 Å². The third-order valence-corrected chi connectivity index (χ3v) is 5.46. The first kappa shape index (κ1) is 14.6. The highest BCUT2D eigenvalue weighted by Gasteiger charge is 2.62. The summed E-state index contributed by atoms with van der Waals surface area (Å²) in [6.07, 6.45) is 1.08. The molecule has 0 spiro atoms. The zero-order valence-corrected chi connectivity index (χ0v) is 13.2. The average Bonchev–Trinajstić information content (AvgIpc) is 2.89. The van der Waals surface area contributed by atoms with Crippen molar-refractivity contribution in [2.75, 3.05) is 19.3 Å². The molecule has 21 heavy (non-hydrogen) atoms. The molecule has 1 saturated heterocycles. The minimum absolute atomic E-state index is 0.0599. The average molecular weight is 312 g/mol. The van der Waals surface area contributed by atoms with Gasteiger partial charge in [0.1, 0.15) is 5.76 Å². The van der Waals surface area contributed by atoms with Crippen LogP contribution in [-0.4, -0.2) is 38.6 Å². The van der Waals surface area contributed by atoms with Gasteiger partial charge in [0.25, 0.3) is 5.91 Å². The minimum Gasteiger partial charge on any atom is -0.455 e. The van der Waals surface area contributed by atoms with Crippen LogP contribution in [0.1, 0.15) is 30.2 Å². The van der Waals surface area contributed by atoms with E-state index in [4.69, 9.17) is 4.42 Å². The Balaban J connectivity index is 1.61. The van der Waals surface area contributed by atoms with Crippen molar-refractivity contribution in [1.29, 1.82) is 0 Å². The highest BCUT2D eigenvalue weighted by molar-refractivity contribution is 7.88. The largest absolute Gasteiger partial charge is 0.455 e. The first-order valence-corrected chi connectivity index (χ1v) is 8.90. The third kappa shape index (κ3) is 2.72. The Morgan fingerprint density at radius 2 is 2.00 bits per heavy atom. The third-order valence-electron chi connectivity index (χ3n) is 4.79. The maximum absolute atomic E-state index is 12.3. The van der Waals surface area contributed by atoms with Crippen LogP contribution in [0.3, 0.4) is 0 Å². The molecular weight excluding hydrogens is 292 g/mol. The van der Waals surface area contributed by atoms with Crippen molar-refractivity contribution in [2.24, 2.45) is 17.3 Å². The molecule has 1 aromatic rings. The Morgan fingerprint density at radius 1 is 1.38 bits per heavy atom. The van der Waals surface area contributed by atoms with Gasteiger partial charge in [-0.3, -0.25) is 4.79 Å². The number of furan rings is 1. The van der Waals surface area contributed by atoms with Crippen LogP contribution < -0.4 is 4.72 Å². The lowest BCUT2D eigenvalue weighted by Crippen LogP contribution is -2.32. The molecule has 1 aromatic heterocycles. The first-order chi connectivity index (χ1) is 9.68. The van der Waals surface area contributed by atoms with Gasteiger partial charge < -0.3 is 9.32 Å². The zero-order chi connectivity index (χ0) is 15.4. The summed E-state index contributed by atoms with van der Waals surface area (Å²) >= 11 is 0. The standard InChI is InChI=1S/C14H20N2O4S/c1-14(2)10-7-16(8-11(10)14)13(17)12-5-4-9(20-12)6-15-21(3,18)19/h4-5,10-11,15H,6-8H2,1-3H3/t10-,11-/m0/s1. The Kier molecular flexibility index (Phi) is 3.18. The summed E-state index contributed by atoms with van der Waals surface area (Å²) in [7, 11) is -3.27. The van der Waals surface area contributed by atoms with Crippen molar-refractivity contribution in [1.82, 2.24) is 9.62 Å². The molecular formula is C14H20N2O4S. The molecule has 0 aromatic carbocycles. The topological polar surface area (TPSA) is 79.6 Å². The van der Waals surface area contributed by atoms with Gasteiger partial charge in [0.2, 0.25) is 10.0 Å². The zero-order valence-electron chi connectivity index (χ0n) is 12.4. The van der Waals surface area contributed by atoms with Crippen molar-refractivity contribution < 1.29 is 17.6 Å². The summed E-state index contributed by atoms with van der Waals surface area (Å²) in [5.41, 5.74) is 0.366. The second-order valence-electron chi connectivity index (χ2n) is 6.60. The number of piperidine rings is 1. The van der Waals surface area contributed by atoms with Gasteiger partial charge in [-0.15, -0.1) is 0 Å². The predicted octanol–water partition coefficient (Wildman–Crippen LogP) is 1.06. The van der Waals surface area contributed by atoms with Crippen LogP contribution in [0.5, 0.6) is 0 Å². The Hall–Kier alpha value is -1.34. The molecule has 0 unspecified atom stereocenters. The van der Waals surface area contributed by atoms with Gasteiger partial charge in [-0.05, 0) is 29.4 Å². The number of hydrogen-bond acceptors (Lipinski definition) is 4. The van der Waals surface area contributed by atoms with Gasteiger partial charge in [-0.25, -0.2) is 13.1 Å². The van der Waals surface area contributed by atoms with Gasteiger partial charge in [-0.2, -0.15) is 0 Å². The number of fused-ring (bicyclic) bond motifs is 1. The molecule has 3 rings (SSSR count). The predicted molar refractivity (Wildman–Crippen MR) is 77.1 cm³/mol. The second kappa shape index (κ2) is 4.58. The first-order valence-electron chi connectivity index (χ1n) is 7.01. The van der Waals surface area contributed by atoms with Crippen LogP contribution in [0.2, 0.25) is 0 Å². The van der Waals surface area contributed by atoms with Crippen LogP contribution in [0.15, 0.2) is 16.5 Å². The van der Waals surface area contributed by atoms with Crippen LogP contribution >= 0.6 is 0 Å². The Labute approximate surface area is 124 Å². The van der Waals surface area contributed by atoms with E-state index >= 15 is 0 Å². The second-order valence-corrected chi connectivity index (χ2v) is 8.44. The van der Waals surface area contributed by atoms with Crippen LogP contribution in [-0.2, 0) is 16.6 Å². The van der Waals surface area contributed by atoms with E-state index in [-0.39, 0.29) is 18.2 Å². The number of sulfonamides is 1. The van der Waals surface area contributed by atoms with E-state index in [1.807, 2.05) is 4.90 Å². The van der Waals surface area contributed by atoms with E-state index < -0.39 is 10.0 Å². The fourth-order valence-corrected chi connectivity index (χ4v) is 3.65. The van der Waals surface area contributed by atoms with Gasteiger partial charge in [0, 0.05) is 13.1 Å². The maximum atomic E-state index is 12.3. The molecule has 1 aliphatic carbocycles. The monoisotopic (exact) mass is 312 g/mol. The SMILES string of the molecule is CC1(C)[C@H]2CN(C(=O)c3ccc(CNS(C)(=O)=O)o3)C[C@@H]21. The van der Waals surface area contributed by atoms with Gasteiger partial charge in [-0.1, -0.05) is 13.8 Å². The molecule has 2 atom stereocenters. The summed E-state index contributed by atoms with van der Waals surface area (Å²) in [4.78, 5) is 14.2. The molecule has 1 amide bonds. The molecule has 0 bridgehead atoms. The summed E-state index contributed by atoms with van der Waals surface area (Å²) in [6.45, 7) is 6.12. The quantitative estimate of drug-likeness (QED) is 0.901. The lowest BCUT2D eigenvalue weighted by molar-refractivity contribution is 0.0724. The Morgan fingerprint density at radius 3 is 2.57 bits per heavy atom. The molecule has 2 heterocycles. The van der Waals surface area contributed by atoms with E-state index in [0.29, 0.717) is 23.0 Å². The summed E-state index contributed by atoms with van der Waals surface area (Å²) in [6, 6.07) is 3.24. The fourth-order valence-electron chi connectivity index (χ4n) is 3.24. The number of nitrogens with one attached hydrogen (secondary N) is 1. The molecule has 0 radical (unpaired) electrons. The van der Waals surface area contributed by atoms with E-state index in [1.54, 1.807) is 12.1 Å². The van der Waals surface area contributed by atoms with Gasteiger partial charge in [0.05, 0.1) is 12.8 Å². The molecule has 1 N–H and O–H groups in total. The van der Waals surface area contributed by atoms with Gasteiger partial charge >= 0.3 is 0 Å². The number of rotatable bonds is 4. The summed E-state index contributed by atoms with van der Waals surface area (Å²) in [5.74, 6) is 1.81. The van der Waals surface area contributed by atoms with Crippen molar-refractivity contribution in [2.45, 2.75) is 20.4 Å². The summed E-state index contributed by atoms with van der Waals surface area (Å²) in [5, 5.41) is 0. The van der Waals surface area contributed by atoms with Crippen LogP contribution in [0.25, 0.3) is 0 Å². The van der Waals surface area contributed by atoms with Crippen LogP contribution in [0.4, 0.5) is 0 Å². The number of carbonyl (C=O) groups excluding carboxylic acids is 1. The number of likely N-dealkylation sites (tertiary alicyclic amines) is 1. The molecule has 2 aliphatic rings. The van der Waals surface area contributed by atoms with E-state index in [1.165, 1.54) is 0 Å². The van der Waals surface area contributed by atoms with Crippen molar-refractivity contribution in [3.05, 3.63) is 23.7 Å². The van der Waals surface area contributed by atoms with Crippen molar-refractivity contribution in [3.8, 4) is 0 Å². The summed E-state index contributed by atoms with van der Waals surface area (Å²) < 4.78 is 29.8. The molecule has 7 heteroatoms. The van der Waals surface area contributed by atoms with Gasteiger partial charge in [0.15, 0.2) is 5.76 Å². The molecule has 116 valence electrons. The molecule has 1 aliphatic heterocycles. The normalized spacial score (nSPS) is 26.7. The number of amides is 1. The van der Waals surface area contributed by atoms with Crippen LogP contribution in [0, 0.1) is 17.3 Å². The number of hydrogen-bond donors (Lipinski definition) is 1. The molecule has 1 saturated carbocycles. The molecule has 2 fully saturated rings. The molecule has 6 nitrogen and oxygen atoms in total. The minimum atomic E-state index is -3.27. The van der Waals surface area contributed by atoms with E-state index in [0.717, 1.165) is 19.3 Å². The lowest BCUT2D eigenvalue weighted by Gasteiger charge is -2.20. The Bertz CT molecular complexity index is 663. The maximum Gasteiger partial charge on any atom is 0.289 e.